The Kier molecular flexibility index (Phi) is 3.51. The molecule has 4 nitrogen and oxygen atoms in total. The maximum Gasteiger partial charge on any atom is 0.263 e. The molecule has 1 aromatic heterocycles. The molecule has 0 fully saturated rings. The lowest BCUT2D eigenvalue weighted by Crippen LogP contribution is -2.35. The van der Waals surface area contributed by atoms with Crippen molar-refractivity contribution >= 4 is 12.2 Å². The SMILES string of the molecule is Cc1ccc(/C=C/c2c([O-])on[n+]2-c2ccccc2)cc1. The molecule has 2 aromatic carbocycles. The van der Waals surface area contributed by atoms with Gasteiger partial charge in [0.25, 0.3) is 5.69 Å². The molecule has 0 N–H and O–H groups in total. The number of hydrogen-bond acceptors (Lipinski definition) is 3. The molecule has 1 heterocycles. The summed E-state index contributed by atoms with van der Waals surface area (Å²) in [5.41, 5.74) is 3.38. The van der Waals surface area contributed by atoms with Crippen LogP contribution in [-0.2, 0) is 0 Å². The van der Waals surface area contributed by atoms with Gasteiger partial charge in [0.05, 0.1) is 5.27 Å². The zero-order chi connectivity index (χ0) is 14.7. The molecule has 21 heavy (non-hydrogen) atoms. The Morgan fingerprint density at radius 3 is 2.43 bits per heavy atom. The van der Waals surface area contributed by atoms with Crippen molar-refractivity contribution in [2.45, 2.75) is 6.92 Å². The van der Waals surface area contributed by atoms with Crippen LogP contribution in [0.1, 0.15) is 16.8 Å². The smallest absolute Gasteiger partial charge is 0.263 e. The molecule has 0 saturated carbocycles. The fourth-order valence-corrected chi connectivity index (χ4v) is 2.00. The molecular formula is C17H14N2O2. The number of benzene rings is 2. The summed E-state index contributed by atoms with van der Waals surface area (Å²) >= 11 is 0. The number of para-hydroxylation sites is 1. The molecule has 0 saturated heterocycles. The Morgan fingerprint density at radius 2 is 1.71 bits per heavy atom. The van der Waals surface area contributed by atoms with E-state index in [-0.39, 0.29) is 0 Å². The molecule has 0 radical (unpaired) electrons. The van der Waals surface area contributed by atoms with Gasteiger partial charge in [-0.2, -0.15) is 0 Å². The van der Waals surface area contributed by atoms with Gasteiger partial charge in [0.2, 0.25) is 5.69 Å². The minimum Gasteiger partial charge on any atom is -0.539 e. The number of hydrogen-bond donors (Lipinski definition) is 0. The van der Waals surface area contributed by atoms with Crippen molar-refractivity contribution < 1.29 is 14.3 Å². The highest BCUT2D eigenvalue weighted by molar-refractivity contribution is 5.68. The Labute approximate surface area is 122 Å². The molecule has 4 heteroatoms. The highest BCUT2D eigenvalue weighted by Crippen LogP contribution is 2.14. The molecular weight excluding hydrogens is 264 g/mol. The van der Waals surface area contributed by atoms with E-state index in [1.165, 1.54) is 10.2 Å². The van der Waals surface area contributed by atoms with E-state index in [1.54, 1.807) is 6.08 Å². The second kappa shape index (κ2) is 5.63. The van der Waals surface area contributed by atoms with Gasteiger partial charge in [-0.25, -0.2) is 0 Å². The van der Waals surface area contributed by atoms with E-state index in [0.717, 1.165) is 11.3 Å². The van der Waals surface area contributed by atoms with Gasteiger partial charge < -0.3 is 9.63 Å². The van der Waals surface area contributed by atoms with Crippen LogP contribution in [0.25, 0.3) is 17.8 Å². The van der Waals surface area contributed by atoms with Crippen molar-refractivity contribution in [3.05, 3.63) is 71.4 Å². The van der Waals surface area contributed by atoms with Crippen LogP contribution in [0.3, 0.4) is 0 Å². The third-order valence-electron chi connectivity index (χ3n) is 3.15. The van der Waals surface area contributed by atoms with E-state index < -0.39 is 5.95 Å². The van der Waals surface area contributed by atoms with Crippen molar-refractivity contribution in [2.75, 3.05) is 0 Å². The Morgan fingerprint density at radius 1 is 1.00 bits per heavy atom. The second-order valence-electron chi connectivity index (χ2n) is 4.74. The monoisotopic (exact) mass is 278 g/mol. The number of rotatable bonds is 3. The standard InChI is InChI=1S/C17H14N2O2/c1-13-7-9-14(10-8-13)11-12-16-17(20)21-18-19(16)15-5-3-2-4-6-15/h2-12H,1H3/b12-11+. The van der Waals surface area contributed by atoms with Gasteiger partial charge in [-0.05, 0) is 23.2 Å². The summed E-state index contributed by atoms with van der Waals surface area (Å²) in [6, 6.07) is 17.4. The summed E-state index contributed by atoms with van der Waals surface area (Å²) in [6.45, 7) is 2.03. The Hall–Kier alpha value is -2.88. The number of aryl methyl sites for hydroxylation is 1. The van der Waals surface area contributed by atoms with Crippen LogP contribution < -0.4 is 9.79 Å². The zero-order valence-corrected chi connectivity index (χ0v) is 11.6. The maximum atomic E-state index is 11.8. The lowest BCUT2D eigenvalue weighted by Gasteiger charge is -1.95. The van der Waals surface area contributed by atoms with Gasteiger partial charge in [0.1, 0.15) is 0 Å². The van der Waals surface area contributed by atoms with Crippen molar-refractivity contribution in [1.82, 2.24) is 5.27 Å². The molecule has 3 rings (SSSR count). The molecule has 104 valence electrons. The second-order valence-corrected chi connectivity index (χ2v) is 4.74. The largest absolute Gasteiger partial charge is 0.539 e. The summed E-state index contributed by atoms with van der Waals surface area (Å²) in [6.07, 6.45) is 3.59. The third kappa shape index (κ3) is 2.84. The van der Waals surface area contributed by atoms with Crippen LogP contribution in [0.15, 0.2) is 59.1 Å². The summed E-state index contributed by atoms with van der Waals surface area (Å²) < 4.78 is 6.26. The van der Waals surface area contributed by atoms with Crippen LogP contribution in [0.4, 0.5) is 0 Å². The average Bonchev–Trinajstić information content (AvgIpc) is 2.89. The Bertz CT molecular complexity index is 759. The lowest BCUT2D eigenvalue weighted by atomic mass is 10.1. The van der Waals surface area contributed by atoms with E-state index in [9.17, 15) is 5.11 Å². The molecule has 0 amide bonds. The first kappa shape index (κ1) is 13.1. The van der Waals surface area contributed by atoms with Crippen LogP contribution in [0.2, 0.25) is 0 Å². The maximum absolute atomic E-state index is 11.8. The Balaban J connectivity index is 1.96. The van der Waals surface area contributed by atoms with Crippen molar-refractivity contribution in [3.8, 4) is 11.6 Å². The van der Waals surface area contributed by atoms with E-state index >= 15 is 0 Å². The minimum absolute atomic E-state index is 0.391. The predicted octanol–water partition coefficient (Wildman–Crippen LogP) is 2.50. The van der Waals surface area contributed by atoms with E-state index in [0.29, 0.717) is 5.69 Å². The third-order valence-corrected chi connectivity index (χ3v) is 3.15. The first-order valence-electron chi connectivity index (χ1n) is 6.63. The van der Waals surface area contributed by atoms with Crippen molar-refractivity contribution in [2.24, 2.45) is 0 Å². The van der Waals surface area contributed by atoms with Gasteiger partial charge >= 0.3 is 0 Å². The average molecular weight is 278 g/mol. The molecule has 0 aliphatic carbocycles. The van der Waals surface area contributed by atoms with Crippen LogP contribution in [-0.4, -0.2) is 5.27 Å². The fraction of sp³-hybridized carbons (Fsp3) is 0.0588. The van der Waals surface area contributed by atoms with Gasteiger partial charge in [-0.3, -0.25) is 0 Å². The van der Waals surface area contributed by atoms with Gasteiger partial charge in [-0.1, -0.05) is 48.0 Å². The normalized spacial score (nSPS) is 11.1. The van der Waals surface area contributed by atoms with Crippen LogP contribution in [0, 0.1) is 6.92 Å². The van der Waals surface area contributed by atoms with Crippen LogP contribution in [0.5, 0.6) is 5.95 Å². The fourth-order valence-electron chi connectivity index (χ4n) is 2.00. The first-order valence-corrected chi connectivity index (χ1v) is 6.63. The van der Waals surface area contributed by atoms with Crippen LogP contribution >= 0.6 is 0 Å². The molecule has 0 bridgehead atoms. The molecule has 0 atom stereocenters. The highest BCUT2D eigenvalue weighted by Gasteiger charge is 2.17. The lowest BCUT2D eigenvalue weighted by molar-refractivity contribution is -0.672. The zero-order valence-electron chi connectivity index (χ0n) is 11.6. The molecule has 0 aliphatic rings. The van der Waals surface area contributed by atoms with Crippen molar-refractivity contribution in [1.29, 1.82) is 0 Å². The van der Waals surface area contributed by atoms with E-state index in [2.05, 4.69) is 5.27 Å². The summed E-state index contributed by atoms with van der Waals surface area (Å²) in [5, 5.41) is 15.6. The first-order chi connectivity index (χ1) is 10.2. The van der Waals surface area contributed by atoms with E-state index in [1.807, 2.05) is 67.6 Å². The van der Waals surface area contributed by atoms with Crippen molar-refractivity contribution in [3.63, 3.8) is 0 Å². The summed E-state index contributed by atoms with van der Waals surface area (Å²) in [7, 11) is 0. The molecule has 0 aliphatic heterocycles. The quantitative estimate of drug-likeness (QED) is 0.692. The highest BCUT2D eigenvalue weighted by atomic mass is 16.6. The number of nitrogens with zero attached hydrogens (tertiary/aromatic N) is 2. The predicted molar refractivity (Wildman–Crippen MR) is 77.6 cm³/mol. The number of aromatic nitrogens is 2. The topological polar surface area (TPSA) is 53.0 Å². The van der Waals surface area contributed by atoms with Gasteiger partial charge in [0, 0.05) is 18.2 Å². The van der Waals surface area contributed by atoms with Gasteiger partial charge in [0.15, 0.2) is 5.95 Å². The molecule has 3 aromatic rings. The van der Waals surface area contributed by atoms with E-state index in [4.69, 9.17) is 4.52 Å². The van der Waals surface area contributed by atoms with Gasteiger partial charge in [-0.15, -0.1) is 0 Å². The summed E-state index contributed by atoms with van der Waals surface area (Å²) in [4.78, 5) is 0. The molecule has 0 unspecified atom stereocenters. The summed E-state index contributed by atoms with van der Waals surface area (Å²) in [5.74, 6) is -0.456. The molecule has 0 spiro atoms. The minimum atomic E-state index is -0.456.